The van der Waals surface area contributed by atoms with Gasteiger partial charge >= 0.3 is 0 Å². The quantitative estimate of drug-likeness (QED) is 0.777. The Morgan fingerprint density at radius 2 is 2.06 bits per heavy atom. The van der Waals surface area contributed by atoms with Gasteiger partial charge in [0, 0.05) is 11.9 Å². The topological polar surface area (TPSA) is 71.2 Å². The zero-order chi connectivity index (χ0) is 13.1. The number of halogens is 2. The van der Waals surface area contributed by atoms with Crippen LogP contribution >= 0.6 is 0 Å². The second-order valence-corrected chi connectivity index (χ2v) is 3.89. The van der Waals surface area contributed by atoms with Crippen molar-refractivity contribution in [3.8, 4) is 0 Å². The molecular formula is C12H13F2N3O. The van der Waals surface area contributed by atoms with Crippen LogP contribution in [0.4, 0.5) is 20.2 Å². The van der Waals surface area contributed by atoms with Crippen LogP contribution in [0.15, 0.2) is 30.5 Å². The molecule has 96 valence electrons. The molecule has 0 aliphatic rings. The van der Waals surface area contributed by atoms with Crippen molar-refractivity contribution >= 4 is 22.3 Å². The molecule has 1 atom stereocenters. The lowest BCUT2D eigenvalue weighted by Crippen LogP contribution is -2.27. The van der Waals surface area contributed by atoms with E-state index in [4.69, 9.17) is 10.8 Å². The van der Waals surface area contributed by atoms with Crippen molar-refractivity contribution in [3.05, 3.63) is 30.5 Å². The highest BCUT2D eigenvalue weighted by molar-refractivity contribution is 5.96. The Kier molecular flexibility index (Phi) is 3.57. The summed E-state index contributed by atoms with van der Waals surface area (Å²) in [5.41, 5.74) is 7.33. The highest BCUT2D eigenvalue weighted by Crippen LogP contribution is 2.27. The number of hydrogen-bond donors (Lipinski definition) is 3. The Morgan fingerprint density at radius 1 is 1.33 bits per heavy atom. The number of pyridine rings is 1. The molecule has 0 aliphatic carbocycles. The Labute approximate surface area is 102 Å². The number of aliphatic hydroxyl groups is 1. The maximum atomic E-state index is 12.2. The molecule has 0 saturated heterocycles. The summed E-state index contributed by atoms with van der Waals surface area (Å²) in [6, 6.07) is 7.21. The van der Waals surface area contributed by atoms with Crippen LogP contribution in [0.5, 0.6) is 0 Å². The van der Waals surface area contributed by atoms with E-state index in [1.807, 2.05) is 6.07 Å². The predicted octanol–water partition coefficient (Wildman–Crippen LogP) is 1.85. The lowest BCUT2D eigenvalue weighted by Gasteiger charge is -2.15. The molecule has 1 aromatic heterocycles. The van der Waals surface area contributed by atoms with Gasteiger partial charge in [-0.05, 0) is 6.07 Å². The first kappa shape index (κ1) is 12.5. The lowest BCUT2D eigenvalue weighted by molar-refractivity contribution is 0.00386. The predicted molar refractivity (Wildman–Crippen MR) is 66.7 cm³/mol. The molecule has 0 fully saturated rings. The third kappa shape index (κ3) is 2.48. The molecule has 1 heterocycles. The number of nitrogens with zero attached hydrogens (tertiary/aromatic N) is 1. The molecule has 6 heteroatoms. The molecule has 2 aromatic rings. The third-order valence-electron chi connectivity index (χ3n) is 2.58. The van der Waals surface area contributed by atoms with Crippen molar-refractivity contribution < 1.29 is 13.9 Å². The van der Waals surface area contributed by atoms with Crippen molar-refractivity contribution in [2.24, 2.45) is 0 Å². The number of fused-ring (bicyclic) bond motifs is 1. The first-order chi connectivity index (χ1) is 8.59. The van der Waals surface area contributed by atoms with E-state index in [0.717, 1.165) is 5.39 Å². The number of rotatable bonds is 4. The van der Waals surface area contributed by atoms with Gasteiger partial charge in [-0.3, -0.25) is 4.98 Å². The molecule has 0 aliphatic heterocycles. The smallest absolute Gasteiger partial charge is 0.265 e. The molecule has 0 amide bonds. The molecule has 1 aromatic carbocycles. The zero-order valence-corrected chi connectivity index (χ0v) is 9.48. The fourth-order valence-electron chi connectivity index (χ4n) is 1.65. The van der Waals surface area contributed by atoms with E-state index >= 15 is 0 Å². The van der Waals surface area contributed by atoms with E-state index in [1.54, 1.807) is 18.2 Å². The Bertz CT molecular complexity index is 548. The van der Waals surface area contributed by atoms with Crippen LogP contribution in [0.1, 0.15) is 0 Å². The van der Waals surface area contributed by atoms with Crippen molar-refractivity contribution in [2.45, 2.75) is 12.5 Å². The Balaban J connectivity index is 2.29. The minimum atomic E-state index is -2.79. The number of nitrogen functional groups attached to an aromatic ring is 1. The van der Waals surface area contributed by atoms with Crippen LogP contribution in [-0.4, -0.2) is 29.2 Å². The van der Waals surface area contributed by atoms with Crippen LogP contribution in [0.25, 0.3) is 10.9 Å². The van der Waals surface area contributed by atoms with Crippen LogP contribution < -0.4 is 11.1 Å². The van der Waals surface area contributed by atoms with Crippen molar-refractivity contribution in [1.82, 2.24) is 4.98 Å². The molecular weight excluding hydrogens is 240 g/mol. The first-order valence-corrected chi connectivity index (χ1v) is 5.43. The standard InChI is InChI=1S/C12H13F2N3O/c13-12(14)10(18)6-17-11-7-3-1-2-4-9(7)16-5-8(11)15/h1-5,10,12,18H,6,15H2,(H,16,17). The third-order valence-corrected chi connectivity index (χ3v) is 2.58. The average Bonchev–Trinajstić information content (AvgIpc) is 2.37. The summed E-state index contributed by atoms with van der Waals surface area (Å²) in [6.07, 6.45) is -3.05. The number of alkyl halides is 2. The van der Waals surface area contributed by atoms with Crippen molar-refractivity contribution in [1.29, 1.82) is 0 Å². The number of anilines is 2. The van der Waals surface area contributed by atoms with E-state index in [-0.39, 0.29) is 6.54 Å². The number of aromatic nitrogens is 1. The van der Waals surface area contributed by atoms with Gasteiger partial charge in [-0.15, -0.1) is 0 Å². The lowest BCUT2D eigenvalue weighted by atomic mass is 10.1. The monoisotopic (exact) mass is 253 g/mol. The maximum absolute atomic E-state index is 12.2. The summed E-state index contributed by atoms with van der Waals surface area (Å²) in [4.78, 5) is 4.13. The van der Waals surface area contributed by atoms with Crippen molar-refractivity contribution in [3.63, 3.8) is 0 Å². The van der Waals surface area contributed by atoms with Gasteiger partial charge in [-0.1, -0.05) is 18.2 Å². The molecule has 2 rings (SSSR count). The van der Waals surface area contributed by atoms with Gasteiger partial charge in [0.1, 0.15) is 6.10 Å². The summed E-state index contributed by atoms with van der Waals surface area (Å²) in [5.74, 6) is 0. The number of para-hydroxylation sites is 1. The fourth-order valence-corrected chi connectivity index (χ4v) is 1.65. The summed E-state index contributed by atoms with van der Waals surface area (Å²) in [7, 11) is 0. The molecule has 18 heavy (non-hydrogen) atoms. The van der Waals surface area contributed by atoms with Gasteiger partial charge in [0.2, 0.25) is 0 Å². The molecule has 4 nitrogen and oxygen atoms in total. The fraction of sp³-hybridized carbons (Fsp3) is 0.250. The van der Waals surface area contributed by atoms with E-state index in [1.165, 1.54) is 6.20 Å². The largest absolute Gasteiger partial charge is 0.396 e. The average molecular weight is 253 g/mol. The van der Waals surface area contributed by atoms with Crippen LogP contribution in [0.3, 0.4) is 0 Å². The van der Waals surface area contributed by atoms with Crippen molar-refractivity contribution in [2.75, 3.05) is 17.6 Å². The normalized spacial score (nSPS) is 12.9. The van der Waals surface area contributed by atoms with Gasteiger partial charge < -0.3 is 16.2 Å². The first-order valence-electron chi connectivity index (χ1n) is 5.43. The number of nitrogens with two attached hydrogens (primary N) is 1. The van der Waals surface area contributed by atoms with Gasteiger partial charge in [0.05, 0.1) is 23.1 Å². The molecule has 0 bridgehead atoms. The molecule has 4 N–H and O–H groups in total. The summed E-state index contributed by atoms with van der Waals surface area (Å²) in [6.45, 7) is -0.268. The van der Waals surface area contributed by atoms with Gasteiger partial charge in [-0.25, -0.2) is 8.78 Å². The molecule has 0 spiro atoms. The molecule has 1 unspecified atom stereocenters. The number of benzene rings is 1. The van der Waals surface area contributed by atoms with E-state index < -0.39 is 12.5 Å². The second-order valence-electron chi connectivity index (χ2n) is 3.89. The molecule has 0 radical (unpaired) electrons. The molecule has 0 saturated carbocycles. The summed E-state index contributed by atoms with van der Waals surface area (Å²) >= 11 is 0. The Morgan fingerprint density at radius 3 is 2.78 bits per heavy atom. The SMILES string of the molecule is Nc1cnc2ccccc2c1NCC(O)C(F)F. The zero-order valence-electron chi connectivity index (χ0n) is 9.48. The highest BCUT2D eigenvalue weighted by atomic mass is 19.3. The highest BCUT2D eigenvalue weighted by Gasteiger charge is 2.17. The Hall–Kier alpha value is -1.95. The number of nitrogens with one attached hydrogen (secondary N) is 1. The van der Waals surface area contributed by atoms with Gasteiger partial charge in [-0.2, -0.15) is 0 Å². The maximum Gasteiger partial charge on any atom is 0.265 e. The van der Waals surface area contributed by atoms with Gasteiger partial charge in [0.25, 0.3) is 6.43 Å². The van der Waals surface area contributed by atoms with Crippen LogP contribution in [0, 0.1) is 0 Å². The van der Waals surface area contributed by atoms with Crippen LogP contribution in [0.2, 0.25) is 0 Å². The van der Waals surface area contributed by atoms with Crippen LogP contribution in [-0.2, 0) is 0 Å². The minimum absolute atomic E-state index is 0.268. The minimum Gasteiger partial charge on any atom is -0.396 e. The number of aliphatic hydroxyl groups excluding tert-OH is 1. The second kappa shape index (κ2) is 5.14. The van der Waals surface area contributed by atoms with E-state index in [9.17, 15) is 8.78 Å². The number of hydrogen-bond acceptors (Lipinski definition) is 4. The van der Waals surface area contributed by atoms with E-state index in [2.05, 4.69) is 10.3 Å². The van der Waals surface area contributed by atoms with Gasteiger partial charge in [0.15, 0.2) is 0 Å². The summed E-state index contributed by atoms with van der Waals surface area (Å²) in [5, 5.41) is 12.6. The summed E-state index contributed by atoms with van der Waals surface area (Å²) < 4.78 is 24.4. The van der Waals surface area contributed by atoms with E-state index in [0.29, 0.717) is 16.9 Å².